The van der Waals surface area contributed by atoms with Crippen molar-refractivity contribution in [2.24, 2.45) is 5.41 Å². The molecule has 31 heavy (non-hydrogen) atoms. The van der Waals surface area contributed by atoms with E-state index in [2.05, 4.69) is 5.32 Å². The van der Waals surface area contributed by atoms with Crippen LogP contribution in [0.3, 0.4) is 0 Å². The maximum Gasteiger partial charge on any atom is 0.322 e. The minimum Gasteiger partial charge on any atom is -0.468 e. The molecule has 0 bridgehead atoms. The second-order valence-electron chi connectivity index (χ2n) is 8.79. The van der Waals surface area contributed by atoms with Gasteiger partial charge in [-0.3, -0.25) is 14.9 Å². The molecule has 3 rings (SSSR count). The molecule has 0 spiro atoms. The Morgan fingerprint density at radius 3 is 2.29 bits per heavy atom. The zero-order valence-electron chi connectivity index (χ0n) is 18.1. The number of carbonyl (C=O) groups excluding carboxylic acids is 2. The van der Waals surface area contributed by atoms with Gasteiger partial charge in [-0.05, 0) is 50.5 Å². The minimum absolute atomic E-state index is 0.0118. The van der Waals surface area contributed by atoms with E-state index < -0.39 is 41.1 Å². The predicted octanol–water partition coefficient (Wildman–Crippen LogP) is 3.98. The predicted molar refractivity (Wildman–Crippen MR) is 117 cm³/mol. The van der Waals surface area contributed by atoms with Gasteiger partial charge in [0.15, 0.2) is 0 Å². The molecule has 1 aliphatic heterocycles. The normalized spacial score (nSPS) is 24.5. The zero-order valence-corrected chi connectivity index (χ0v) is 18.8. The van der Waals surface area contributed by atoms with Gasteiger partial charge in [-0.2, -0.15) is 0 Å². The molecule has 7 heteroatoms. The standard InChI is InChI=1S/C24H28ClNO5/c1-23(2,3)31-22(29)24(20(27)16-8-6-5-7-9-16)14-18(21(28)30-4)26-19(24)15-10-12-17(25)13-11-15/h5-13,18-20,26-27H,14H2,1-4H3/t18-,19-,20+,24-/m1/s1. The number of carbonyl (C=O) groups is 2. The largest absolute Gasteiger partial charge is 0.468 e. The van der Waals surface area contributed by atoms with Crippen LogP contribution in [0.15, 0.2) is 54.6 Å². The van der Waals surface area contributed by atoms with Crippen LogP contribution in [0.1, 0.15) is 50.5 Å². The third-order valence-corrected chi connectivity index (χ3v) is 5.75. The molecule has 0 radical (unpaired) electrons. The van der Waals surface area contributed by atoms with Gasteiger partial charge in [0.1, 0.15) is 17.1 Å². The van der Waals surface area contributed by atoms with Crippen molar-refractivity contribution in [3.8, 4) is 0 Å². The number of benzene rings is 2. The summed E-state index contributed by atoms with van der Waals surface area (Å²) >= 11 is 6.06. The zero-order chi connectivity index (χ0) is 22.8. The second-order valence-corrected chi connectivity index (χ2v) is 9.22. The van der Waals surface area contributed by atoms with Crippen LogP contribution in [0.4, 0.5) is 0 Å². The van der Waals surface area contributed by atoms with Crippen LogP contribution in [0.2, 0.25) is 5.02 Å². The van der Waals surface area contributed by atoms with Crippen LogP contribution in [-0.2, 0) is 19.1 Å². The molecule has 1 heterocycles. The van der Waals surface area contributed by atoms with E-state index in [0.29, 0.717) is 16.1 Å². The number of aliphatic hydroxyl groups is 1. The number of hydrogen-bond donors (Lipinski definition) is 2. The highest BCUT2D eigenvalue weighted by molar-refractivity contribution is 6.30. The lowest BCUT2D eigenvalue weighted by molar-refractivity contribution is -0.177. The SMILES string of the molecule is COC(=O)[C@H]1C[C@](C(=O)OC(C)(C)C)([C@@H](O)c2ccccc2)[C@@H](c2ccc(Cl)cc2)N1. The highest BCUT2D eigenvalue weighted by Crippen LogP contribution is 2.53. The molecule has 1 saturated heterocycles. The van der Waals surface area contributed by atoms with Gasteiger partial charge >= 0.3 is 11.9 Å². The molecule has 4 atom stereocenters. The minimum atomic E-state index is -1.47. The van der Waals surface area contributed by atoms with E-state index in [9.17, 15) is 14.7 Å². The molecular weight excluding hydrogens is 418 g/mol. The average Bonchev–Trinajstić information content (AvgIpc) is 3.14. The first kappa shape index (κ1) is 23.3. The van der Waals surface area contributed by atoms with Crippen molar-refractivity contribution in [2.75, 3.05) is 7.11 Å². The maximum absolute atomic E-state index is 13.7. The van der Waals surface area contributed by atoms with Gasteiger partial charge < -0.3 is 14.6 Å². The van der Waals surface area contributed by atoms with Crippen LogP contribution in [-0.4, -0.2) is 35.8 Å². The molecule has 1 fully saturated rings. The van der Waals surface area contributed by atoms with Crippen LogP contribution in [0.25, 0.3) is 0 Å². The first-order valence-electron chi connectivity index (χ1n) is 10.1. The summed E-state index contributed by atoms with van der Waals surface area (Å²) in [5.74, 6) is -1.10. The third-order valence-electron chi connectivity index (χ3n) is 5.50. The van der Waals surface area contributed by atoms with E-state index in [4.69, 9.17) is 21.1 Å². The van der Waals surface area contributed by atoms with E-state index in [1.807, 2.05) is 6.07 Å². The number of ether oxygens (including phenoxy) is 2. The lowest BCUT2D eigenvalue weighted by Crippen LogP contribution is -2.45. The number of esters is 2. The number of hydrogen-bond acceptors (Lipinski definition) is 6. The summed E-state index contributed by atoms with van der Waals surface area (Å²) in [7, 11) is 1.29. The number of aliphatic hydroxyl groups excluding tert-OH is 1. The van der Waals surface area contributed by atoms with Gasteiger partial charge in [0.2, 0.25) is 0 Å². The Hall–Kier alpha value is -2.41. The van der Waals surface area contributed by atoms with E-state index in [-0.39, 0.29) is 6.42 Å². The first-order chi connectivity index (χ1) is 14.6. The summed E-state index contributed by atoms with van der Waals surface area (Å²) in [4.78, 5) is 26.2. The van der Waals surface area contributed by atoms with Crippen molar-refractivity contribution >= 4 is 23.5 Å². The molecule has 166 valence electrons. The topological polar surface area (TPSA) is 84.9 Å². The van der Waals surface area contributed by atoms with E-state index in [1.54, 1.807) is 69.3 Å². The van der Waals surface area contributed by atoms with Crippen molar-refractivity contribution in [1.82, 2.24) is 5.32 Å². The molecule has 0 aliphatic carbocycles. The van der Waals surface area contributed by atoms with Crippen LogP contribution < -0.4 is 5.32 Å². The van der Waals surface area contributed by atoms with Gasteiger partial charge in [0, 0.05) is 5.02 Å². The molecule has 0 amide bonds. The number of halogens is 1. The highest BCUT2D eigenvalue weighted by atomic mass is 35.5. The lowest BCUT2D eigenvalue weighted by atomic mass is 9.70. The van der Waals surface area contributed by atoms with Crippen molar-refractivity contribution in [3.63, 3.8) is 0 Å². The van der Waals surface area contributed by atoms with Gasteiger partial charge in [-0.1, -0.05) is 54.1 Å². The monoisotopic (exact) mass is 445 g/mol. The maximum atomic E-state index is 13.7. The van der Waals surface area contributed by atoms with Gasteiger partial charge in [0.25, 0.3) is 0 Å². The Morgan fingerprint density at radius 2 is 1.74 bits per heavy atom. The number of methoxy groups -OCH3 is 1. The molecular formula is C24H28ClNO5. The quantitative estimate of drug-likeness (QED) is 0.677. The third kappa shape index (κ3) is 4.76. The van der Waals surface area contributed by atoms with Crippen molar-refractivity contribution < 1.29 is 24.2 Å². The molecule has 2 aromatic carbocycles. The lowest BCUT2D eigenvalue weighted by Gasteiger charge is -2.39. The molecule has 0 unspecified atom stereocenters. The van der Waals surface area contributed by atoms with Gasteiger partial charge in [-0.25, -0.2) is 0 Å². The molecule has 0 saturated carbocycles. The van der Waals surface area contributed by atoms with Gasteiger partial charge in [-0.15, -0.1) is 0 Å². The van der Waals surface area contributed by atoms with Crippen LogP contribution in [0, 0.1) is 5.41 Å². The van der Waals surface area contributed by atoms with Crippen molar-refractivity contribution in [1.29, 1.82) is 0 Å². The Labute approximate surface area is 187 Å². The molecule has 6 nitrogen and oxygen atoms in total. The smallest absolute Gasteiger partial charge is 0.322 e. The Morgan fingerprint density at radius 1 is 1.13 bits per heavy atom. The van der Waals surface area contributed by atoms with Gasteiger partial charge in [0.05, 0.1) is 19.3 Å². The second kappa shape index (κ2) is 8.99. The molecule has 0 aromatic heterocycles. The Kier molecular flexibility index (Phi) is 6.74. The number of rotatable bonds is 5. The molecule has 1 aliphatic rings. The molecule has 2 N–H and O–H groups in total. The van der Waals surface area contributed by atoms with E-state index in [1.165, 1.54) is 7.11 Å². The first-order valence-corrected chi connectivity index (χ1v) is 10.5. The fraction of sp³-hybridized carbons (Fsp3) is 0.417. The highest BCUT2D eigenvalue weighted by Gasteiger charge is 2.61. The number of nitrogens with one attached hydrogen (secondary N) is 1. The summed E-state index contributed by atoms with van der Waals surface area (Å²) in [6.45, 7) is 5.31. The van der Waals surface area contributed by atoms with Crippen LogP contribution in [0.5, 0.6) is 0 Å². The fourth-order valence-corrected chi connectivity index (χ4v) is 4.22. The van der Waals surface area contributed by atoms with Crippen molar-refractivity contribution in [2.45, 2.75) is 51.0 Å². The summed E-state index contributed by atoms with van der Waals surface area (Å²) in [5, 5.41) is 15.3. The molecule has 2 aromatic rings. The summed E-state index contributed by atoms with van der Waals surface area (Å²) in [6, 6.07) is 14.4. The summed E-state index contributed by atoms with van der Waals surface area (Å²) in [6.07, 6.45) is -1.22. The Bertz CT molecular complexity index is 925. The van der Waals surface area contributed by atoms with Crippen LogP contribution >= 0.6 is 11.6 Å². The fourth-order valence-electron chi connectivity index (χ4n) is 4.10. The summed E-state index contributed by atoms with van der Waals surface area (Å²) in [5.41, 5.74) is -0.994. The van der Waals surface area contributed by atoms with E-state index in [0.717, 1.165) is 0 Å². The van der Waals surface area contributed by atoms with E-state index >= 15 is 0 Å². The Balaban J connectivity index is 2.18. The summed E-state index contributed by atoms with van der Waals surface area (Å²) < 4.78 is 10.7. The van der Waals surface area contributed by atoms with Crippen molar-refractivity contribution in [3.05, 3.63) is 70.7 Å². The average molecular weight is 446 g/mol.